The van der Waals surface area contributed by atoms with Crippen LogP contribution in [0.3, 0.4) is 0 Å². The highest BCUT2D eigenvalue weighted by molar-refractivity contribution is 5.74. The lowest BCUT2D eigenvalue weighted by atomic mass is 10.1. The molecule has 1 saturated heterocycles. The zero-order valence-corrected chi connectivity index (χ0v) is 10.3. The summed E-state index contributed by atoms with van der Waals surface area (Å²) in [6.45, 7) is 1.74. The molecule has 1 aliphatic heterocycles. The first-order chi connectivity index (χ1) is 8.97. The Labute approximate surface area is 109 Å². The molecule has 19 heavy (non-hydrogen) atoms. The number of rotatable bonds is 2. The van der Waals surface area contributed by atoms with Gasteiger partial charge in [0.2, 0.25) is 0 Å². The van der Waals surface area contributed by atoms with Crippen molar-refractivity contribution < 1.29 is 18.0 Å². The van der Waals surface area contributed by atoms with Gasteiger partial charge in [-0.05, 0) is 30.5 Å². The third-order valence-corrected chi connectivity index (χ3v) is 3.12. The average molecular weight is 272 g/mol. The van der Waals surface area contributed by atoms with Crippen LogP contribution in [-0.2, 0) is 12.7 Å². The number of amides is 2. The average Bonchev–Trinajstić information content (AvgIpc) is 2.89. The minimum Gasteiger partial charge on any atom is -0.334 e. The summed E-state index contributed by atoms with van der Waals surface area (Å²) in [5, 5.41) is 2.70. The third-order valence-electron chi connectivity index (χ3n) is 3.12. The number of nitrogens with one attached hydrogen (secondary N) is 1. The van der Waals surface area contributed by atoms with E-state index < -0.39 is 11.7 Å². The van der Waals surface area contributed by atoms with Gasteiger partial charge in [-0.15, -0.1) is 0 Å². The van der Waals surface area contributed by atoms with Gasteiger partial charge < -0.3 is 10.2 Å². The summed E-state index contributed by atoms with van der Waals surface area (Å²) in [5.41, 5.74) is -0.0253. The van der Waals surface area contributed by atoms with Crippen LogP contribution in [0.2, 0.25) is 0 Å². The quantitative estimate of drug-likeness (QED) is 0.882. The second kappa shape index (κ2) is 5.50. The zero-order chi connectivity index (χ0) is 13.9. The molecule has 0 atom stereocenters. The number of carbonyl (C=O) groups is 1. The first kappa shape index (κ1) is 13.7. The molecule has 1 aromatic rings. The van der Waals surface area contributed by atoms with Crippen molar-refractivity contribution in [2.24, 2.45) is 0 Å². The minimum atomic E-state index is -4.32. The lowest BCUT2D eigenvalue weighted by molar-refractivity contribution is -0.137. The van der Waals surface area contributed by atoms with Crippen molar-refractivity contribution in [2.45, 2.75) is 25.6 Å². The van der Waals surface area contributed by atoms with Gasteiger partial charge in [-0.1, -0.05) is 12.1 Å². The first-order valence-corrected chi connectivity index (χ1v) is 6.16. The summed E-state index contributed by atoms with van der Waals surface area (Å²) in [5.74, 6) is 0. The fraction of sp³-hybridized carbons (Fsp3) is 0.462. The van der Waals surface area contributed by atoms with E-state index in [9.17, 15) is 18.0 Å². The fourth-order valence-electron chi connectivity index (χ4n) is 2.02. The van der Waals surface area contributed by atoms with E-state index >= 15 is 0 Å². The molecule has 1 aromatic carbocycles. The highest BCUT2D eigenvalue weighted by Gasteiger charge is 2.29. The van der Waals surface area contributed by atoms with Gasteiger partial charge in [-0.25, -0.2) is 4.79 Å². The van der Waals surface area contributed by atoms with Crippen molar-refractivity contribution >= 4 is 6.03 Å². The van der Waals surface area contributed by atoms with Crippen molar-refractivity contribution in [2.75, 3.05) is 13.1 Å². The Hall–Kier alpha value is -1.72. The lowest BCUT2D eigenvalue weighted by Crippen LogP contribution is -2.37. The van der Waals surface area contributed by atoms with Crippen LogP contribution in [-0.4, -0.2) is 24.0 Å². The van der Waals surface area contributed by atoms with Gasteiger partial charge in [0.05, 0.1) is 5.56 Å². The molecule has 0 aliphatic carbocycles. The summed E-state index contributed by atoms with van der Waals surface area (Å²) >= 11 is 0. The highest BCUT2D eigenvalue weighted by Crippen LogP contribution is 2.29. The van der Waals surface area contributed by atoms with Crippen LogP contribution in [0.4, 0.5) is 18.0 Å². The van der Waals surface area contributed by atoms with Crippen LogP contribution in [0.15, 0.2) is 24.3 Å². The summed E-state index contributed by atoms with van der Waals surface area (Å²) in [6, 6.07) is 4.66. The van der Waals surface area contributed by atoms with Crippen molar-refractivity contribution in [3.8, 4) is 0 Å². The molecular weight excluding hydrogens is 257 g/mol. The summed E-state index contributed by atoms with van der Waals surface area (Å²) in [7, 11) is 0. The van der Waals surface area contributed by atoms with E-state index in [0.717, 1.165) is 38.1 Å². The number of likely N-dealkylation sites (tertiary alicyclic amines) is 1. The van der Waals surface area contributed by atoms with E-state index in [4.69, 9.17) is 0 Å². The number of carbonyl (C=O) groups excluding carboxylic acids is 1. The maximum atomic E-state index is 12.4. The van der Waals surface area contributed by atoms with Crippen LogP contribution in [0.1, 0.15) is 24.0 Å². The molecule has 2 amide bonds. The van der Waals surface area contributed by atoms with Crippen molar-refractivity contribution in [3.05, 3.63) is 35.4 Å². The van der Waals surface area contributed by atoms with Crippen LogP contribution >= 0.6 is 0 Å². The number of alkyl halides is 3. The van der Waals surface area contributed by atoms with Gasteiger partial charge in [-0.2, -0.15) is 13.2 Å². The normalized spacial score (nSPS) is 15.6. The maximum absolute atomic E-state index is 12.4. The monoisotopic (exact) mass is 272 g/mol. The van der Waals surface area contributed by atoms with E-state index in [-0.39, 0.29) is 12.6 Å². The van der Waals surface area contributed by atoms with Crippen LogP contribution in [0.5, 0.6) is 0 Å². The summed E-state index contributed by atoms with van der Waals surface area (Å²) < 4.78 is 37.1. The molecule has 0 aromatic heterocycles. The van der Waals surface area contributed by atoms with Gasteiger partial charge in [0, 0.05) is 19.6 Å². The number of urea groups is 1. The second-order valence-electron chi connectivity index (χ2n) is 4.55. The van der Waals surface area contributed by atoms with E-state index in [1.165, 1.54) is 12.1 Å². The fourth-order valence-corrected chi connectivity index (χ4v) is 2.02. The van der Waals surface area contributed by atoms with Gasteiger partial charge >= 0.3 is 12.2 Å². The Kier molecular flexibility index (Phi) is 3.97. The standard InChI is InChI=1S/C13H15F3N2O/c14-13(15,16)11-5-3-10(4-6-11)9-17-12(19)18-7-1-2-8-18/h3-6H,1-2,7-9H2,(H,17,19). The first-order valence-electron chi connectivity index (χ1n) is 6.16. The SMILES string of the molecule is O=C(NCc1ccc(C(F)(F)F)cc1)N1CCCC1. The Balaban J connectivity index is 1.87. The number of nitrogens with zero attached hydrogens (tertiary/aromatic N) is 1. The molecule has 1 heterocycles. The van der Waals surface area contributed by atoms with Crippen molar-refractivity contribution in [1.82, 2.24) is 10.2 Å². The van der Waals surface area contributed by atoms with Crippen LogP contribution < -0.4 is 5.32 Å². The number of benzene rings is 1. The van der Waals surface area contributed by atoms with Crippen molar-refractivity contribution in [1.29, 1.82) is 0 Å². The van der Waals surface area contributed by atoms with Crippen LogP contribution in [0, 0.1) is 0 Å². The molecular formula is C13H15F3N2O. The third kappa shape index (κ3) is 3.62. The van der Waals surface area contributed by atoms with Gasteiger partial charge in [-0.3, -0.25) is 0 Å². The Morgan fingerprint density at radius 2 is 1.74 bits per heavy atom. The number of hydrogen-bond donors (Lipinski definition) is 1. The highest BCUT2D eigenvalue weighted by atomic mass is 19.4. The Morgan fingerprint density at radius 1 is 1.16 bits per heavy atom. The van der Waals surface area contributed by atoms with Crippen molar-refractivity contribution in [3.63, 3.8) is 0 Å². The molecule has 0 saturated carbocycles. The largest absolute Gasteiger partial charge is 0.416 e. The van der Waals surface area contributed by atoms with Crippen LogP contribution in [0.25, 0.3) is 0 Å². The Bertz CT molecular complexity index is 436. The molecule has 0 unspecified atom stereocenters. The molecule has 6 heteroatoms. The summed E-state index contributed by atoms with van der Waals surface area (Å²) in [4.78, 5) is 13.4. The molecule has 0 spiro atoms. The van der Waals surface area contributed by atoms with Gasteiger partial charge in [0.1, 0.15) is 0 Å². The van der Waals surface area contributed by atoms with Gasteiger partial charge in [0.15, 0.2) is 0 Å². The number of halogens is 3. The molecule has 1 aliphatic rings. The maximum Gasteiger partial charge on any atom is 0.416 e. The van der Waals surface area contributed by atoms with E-state index in [0.29, 0.717) is 5.56 Å². The summed E-state index contributed by atoms with van der Waals surface area (Å²) in [6.07, 6.45) is -2.31. The molecule has 1 N–H and O–H groups in total. The zero-order valence-electron chi connectivity index (χ0n) is 10.3. The lowest BCUT2D eigenvalue weighted by Gasteiger charge is -2.16. The van der Waals surface area contributed by atoms with E-state index in [1.807, 2.05) is 0 Å². The molecule has 2 rings (SSSR count). The molecule has 0 bridgehead atoms. The van der Waals surface area contributed by atoms with E-state index in [2.05, 4.69) is 5.32 Å². The second-order valence-corrected chi connectivity index (χ2v) is 4.55. The topological polar surface area (TPSA) is 32.3 Å². The molecule has 0 radical (unpaired) electrons. The predicted octanol–water partition coefficient (Wildman–Crippen LogP) is 3.01. The number of hydrogen-bond acceptors (Lipinski definition) is 1. The predicted molar refractivity (Wildman–Crippen MR) is 64.5 cm³/mol. The molecule has 3 nitrogen and oxygen atoms in total. The molecule has 104 valence electrons. The van der Waals surface area contributed by atoms with E-state index in [1.54, 1.807) is 4.90 Å². The smallest absolute Gasteiger partial charge is 0.334 e. The molecule has 1 fully saturated rings. The Morgan fingerprint density at radius 3 is 2.26 bits per heavy atom. The van der Waals surface area contributed by atoms with Gasteiger partial charge in [0.25, 0.3) is 0 Å². The minimum absolute atomic E-state index is 0.155.